The second-order valence-corrected chi connectivity index (χ2v) is 18.2. The number of hydrogen-bond acceptors (Lipinski definition) is 4. The Morgan fingerprint density at radius 3 is 2.27 bits per heavy atom. The van der Waals surface area contributed by atoms with Crippen LogP contribution < -0.4 is 0 Å². The number of rotatable bonds is 6. The van der Waals surface area contributed by atoms with Gasteiger partial charge in [-0.25, -0.2) is 0 Å². The van der Waals surface area contributed by atoms with Crippen LogP contribution in [0.2, 0.25) is 0 Å². The molecular formula is C41H60O4. The van der Waals surface area contributed by atoms with Gasteiger partial charge in [0.05, 0.1) is 5.41 Å². The van der Waals surface area contributed by atoms with Gasteiger partial charge in [0.25, 0.3) is 0 Å². The molecule has 4 nitrogen and oxygen atoms in total. The topological polar surface area (TPSA) is 52.6 Å². The third-order valence-electron chi connectivity index (χ3n) is 14.6. The summed E-state index contributed by atoms with van der Waals surface area (Å²) in [6.07, 6.45) is 14.4. The fraction of sp³-hybridized carbons (Fsp3) is 0.756. The number of allylic oxidation sites excluding steroid dienone is 2. The molecule has 45 heavy (non-hydrogen) atoms. The van der Waals surface area contributed by atoms with E-state index in [0.717, 1.165) is 63.4 Å². The van der Waals surface area contributed by atoms with Crippen LogP contribution in [-0.4, -0.2) is 18.0 Å². The van der Waals surface area contributed by atoms with Gasteiger partial charge in [-0.1, -0.05) is 97.4 Å². The lowest BCUT2D eigenvalue weighted by molar-refractivity contribution is -0.208. The Kier molecular flexibility index (Phi) is 8.21. The third kappa shape index (κ3) is 5.23. The molecule has 0 saturated heterocycles. The number of carbonyl (C=O) groups is 2. The molecule has 1 aromatic carbocycles. The molecule has 8 atom stereocenters. The van der Waals surface area contributed by atoms with Gasteiger partial charge in [0, 0.05) is 6.42 Å². The Morgan fingerprint density at radius 1 is 0.844 bits per heavy atom. The molecule has 5 aliphatic carbocycles. The quantitative estimate of drug-likeness (QED) is 0.236. The lowest BCUT2D eigenvalue weighted by Crippen LogP contribution is -2.65. The van der Waals surface area contributed by atoms with E-state index < -0.39 is 5.41 Å². The molecule has 0 N–H and O–H groups in total. The van der Waals surface area contributed by atoms with E-state index in [1.165, 1.54) is 12.8 Å². The molecule has 0 spiro atoms. The van der Waals surface area contributed by atoms with Crippen LogP contribution in [0.3, 0.4) is 0 Å². The van der Waals surface area contributed by atoms with Crippen molar-refractivity contribution in [2.75, 3.05) is 0 Å². The van der Waals surface area contributed by atoms with E-state index >= 15 is 0 Å². The summed E-state index contributed by atoms with van der Waals surface area (Å²) in [5.41, 5.74) is 2.82. The normalized spacial score (nSPS) is 41.3. The van der Waals surface area contributed by atoms with Gasteiger partial charge in [0.2, 0.25) is 0 Å². The summed E-state index contributed by atoms with van der Waals surface area (Å²) in [6.45, 7) is 19.8. The highest BCUT2D eigenvalue weighted by Gasteiger charge is 2.69. The lowest BCUT2D eigenvalue weighted by atomic mass is 9.33. The minimum Gasteiger partial charge on any atom is -0.462 e. The van der Waals surface area contributed by atoms with E-state index in [1.807, 2.05) is 30.3 Å². The van der Waals surface area contributed by atoms with Crippen molar-refractivity contribution in [3.05, 3.63) is 47.5 Å². The highest BCUT2D eigenvalue weighted by molar-refractivity contribution is 5.79. The molecule has 0 amide bonds. The summed E-state index contributed by atoms with van der Waals surface area (Å²) in [5, 5.41) is 0. The highest BCUT2D eigenvalue weighted by Crippen LogP contribution is 2.76. The minimum absolute atomic E-state index is 0.00151. The second-order valence-electron chi connectivity index (χ2n) is 18.2. The lowest BCUT2D eigenvalue weighted by Gasteiger charge is -2.71. The molecule has 4 fully saturated rings. The van der Waals surface area contributed by atoms with Gasteiger partial charge in [0.1, 0.15) is 12.7 Å². The van der Waals surface area contributed by atoms with E-state index in [2.05, 4.69) is 61.5 Å². The zero-order chi connectivity index (χ0) is 32.5. The molecule has 4 saturated carbocycles. The maximum atomic E-state index is 14.3. The van der Waals surface area contributed by atoms with Crippen molar-refractivity contribution in [2.45, 2.75) is 145 Å². The standard InChI is InChI=1S/C41H60O4/c1-9-13-34(42)45-29-24-37(4,5)32-18-19-40(8)33(38(32,6)25-29)17-16-30-31-26-36(2,3)20-22-41(31,23-21-39(30,40)7)35(43)44-27-28-14-11-10-12-15-28/h10-12,14-16,29,31-33H,9,13,17-27H2,1-8H3/t29-,31+,32+,33-,38+,39-,40-,41+/m1/s1. The summed E-state index contributed by atoms with van der Waals surface area (Å²) >= 11 is 0. The first-order valence-corrected chi connectivity index (χ1v) is 18.2. The predicted molar refractivity (Wildman–Crippen MR) is 180 cm³/mol. The Morgan fingerprint density at radius 2 is 1.56 bits per heavy atom. The zero-order valence-electron chi connectivity index (χ0n) is 29.6. The van der Waals surface area contributed by atoms with Gasteiger partial charge in [-0.2, -0.15) is 0 Å². The van der Waals surface area contributed by atoms with E-state index in [9.17, 15) is 9.59 Å². The summed E-state index contributed by atoms with van der Waals surface area (Å²) in [4.78, 5) is 27.0. The Bertz CT molecular complexity index is 1330. The van der Waals surface area contributed by atoms with Crippen molar-refractivity contribution in [1.29, 1.82) is 0 Å². The summed E-state index contributed by atoms with van der Waals surface area (Å²) in [5.74, 6) is 1.38. The van der Waals surface area contributed by atoms with Crippen LogP contribution in [0.4, 0.5) is 0 Å². The molecule has 1 aromatic rings. The van der Waals surface area contributed by atoms with Crippen LogP contribution in [0.15, 0.2) is 42.0 Å². The Labute approximate surface area is 273 Å². The summed E-state index contributed by atoms with van der Waals surface area (Å²) in [6, 6.07) is 10.1. The molecule has 0 unspecified atom stereocenters. The summed E-state index contributed by atoms with van der Waals surface area (Å²) in [7, 11) is 0. The molecule has 6 rings (SSSR count). The van der Waals surface area contributed by atoms with Crippen LogP contribution in [0, 0.1) is 50.2 Å². The number of fused-ring (bicyclic) bond motifs is 7. The van der Waals surface area contributed by atoms with Crippen LogP contribution in [0.5, 0.6) is 0 Å². The molecule has 0 radical (unpaired) electrons. The Balaban J connectivity index is 1.34. The fourth-order valence-electron chi connectivity index (χ4n) is 12.2. The van der Waals surface area contributed by atoms with Crippen molar-refractivity contribution in [3.63, 3.8) is 0 Å². The molecule has 0 heterocycles. The molecule has 4 heteroatoms. The third-order valence-corrected chi connectivity index (χ3v) is 14.6. The zero-order valence-corrected chi connectivity index (χ0v) is 29.6. The van der Waals surface area contributed by atoms with Gasteiger partial charge in [0.15, 0.2) is 0 Å². The smallest absolute Gasteiger partial charge is 0.313 e. The van der Waals surface area contributed by atoms with Gasteiger partial charge < -0.3 is 9.47 Å². The minimum atomic E-state index is -0.425. The van der Waals surface area contributed by atoms with Crippen molar-refractivity contribution in [2.24, 2.45) is 50.2 Å². The molecule has 248 valence electrons. The van der Waals surface area contributed by atoms with Crippen molar-refractivity contribution >= 4 is 11.9 Å². The van der Waals surface area contributed by atoms with Crippen LogP contribution in [0.1, 0.15) is 138 Å². The molecule has 5 aliphatic rings. The van der Waals surface area contributed by atoms with E-state index in [-0.39, 0.29) is 51.0 Å². The molecular weight excluding hydrogens is 556 g/mol. The number of esters is 2. The average Bonchev–Trinajstić information content (AvgIpc) is 2.96. The van der Waals surface area contributed by atoms with E-state index in [4.69, 9.17) is 9.47 Å². The first-order chi connectivity index (χ1) is 21.1. The van der Waals surface area contributed by atoms with Crippen molar-refractivity contribution < 1.29 is 19.1 Å². The number of hydrogen-bond donors (Lipinski definition) is 0. The average molecular weight is 617 g/mol. The Hall–Kier alpha value is -2.10. The number of ether oxygens (including phenoxy) is 2. The van der Waals surface area contributed by atoms with E-state index in [1.54, 1.807) is 5.57 Å². The van der Waals surface area contributed by atoms with Crippen LogP contribution in [-0.2, 0) is 25.7 Å². The van der Waals surface area contributed by atoms with Gasteiger partial charge in [-0.3, -0.25) is 9.59 Å². The number of carbonyl (C=O) groups excluding carboxylic acids is 2. The maximum Gasteiger partial charge on any atom is 0.313 e. The van der Waals surface area contributed by atoms with Crippen LogP contribution >= 0.6 is 0 Å². The molecule has 0 aliphatic heterocycles. The fourth-order valence-corrected chi connectivity index (χ4v) is 12.2. The van der Waals surface area contributed by atoms with Crippen molar-refractivity contribution in [3.8, 4) is 0 Å². The van der Waals surface area contributed by atoms with Gasteiger partial charge >= 0.3 is 11.9 Å². The largest absolute Gasteiger partial charge is 0.462 e. The first kappa shape index (κ1) is 32.8. The summed E-state index contributed by atoms with van der Waals surface area (Å²) < 4.78 is 12.4. The number of benzene rings is 1. The second kappa shape index (κ2) is 11.3. The van der Waals surface area contributed by atoms with Crippen molar-refractivity contribution in [1.82, 2.24) is 0 Å². The van der Waals surface area contributed by atoms with Gasteiger partial charge in [-0.05, 0) is 121 Å². The van der Waals surface area contributed by atoms with Crippen LogP contribution in [0.25, 0.3) is 0 Å². The maximum absolute atomic E-state index is 14.3. The van der Waals surface area contributed by atoms with E-state index in [0.29, 0.717) is 24.9 Å². The SMILES string of the molecule is CCCC(=O)O[C@@H]1CC(C)(C)[C@@H]2CC[C@]3(C)[C@H](CC=C4[C@@H]5CC(C)(C)CC[C@]5(C(=O)OCc5ccccc5)CC[C@]43C)[C@@]2(C)C1. The monoisotopic (exact) mass is 616 g/mol. The highest BCUT2D eigenvalue weighted by atomic mass is 16.5. The van der Waals surface area contributed by atoms with Gasteiger partial charge in [-0.15, -0.1) is 0 Å². The first-order valence-electron chi connectivity index (χ1n) is 18.2. The molecule has 0 aromatic heterocycles. The molecule has 0 bridgehead atoms. The predicted octanol–water partition coefficient (Wildman–Crippen LogP) is 10.2.